The minimum atomic E-state index is -0.278. The summed E-state index contributed by atoms with van der Waals surface area (Å²) in [5.74, 6) is 0.815. The molecular formula is C23H23N3O3S. The molecule has 1 aromatic heterocycles. The van der Waals surface area contributed by atoms with Gasteiger partial charge in [-0.05, 0) is 48.9 Å². The first-order valence-corrected chi connectivity index (χ1v) is 10.5. The van der Waals surface area contributed by atoms with Crippen LogP contribution in [-0.4, -0.2) is 28.7 Å². The molecule has 3 aromatic rings. The van der Waals surface area contributed by atoms with Gasteiger partial charge < -0.3 is 15.4 Å². The number of hydrogen-bond donors (Lipinski definition) is 2. The molecule has 2 N–H and O–H groups in total. The molecule has 2 aromatic carbocycles. The molecule has 0 aliphatic heterocycles. The number of rotatable bonds is 9. The number of nitrogens with one attached hydrogen (secondary N) is 2. The van der Waals surface area contributed by atoms with Crippen LogP contribution < -0.4 is 15.4 Å². The van der Waals surface area contributed by atoms with Crippen LogP contribution in [-0.2, 0) is 9.59 Å². The predicted octanol–water partition coefficient (Wildman–Crippen LogP) is 4.61. The van der Waals surface area contributed by atoms with E-state index in [0.717, 1.165) is 4.90 Å². The first-order valence-electron chi connectivity index (χ1n) is 9.60. The Balaban J connectivity index is 1.55. The SMILES string of the molecule is CCC(Sc1cccc(NC(=O)COc2ccccc2)c1)C(=O)Nc1ccccn1. The minimum Gasteiger partial charge on any atom is -0.484 e. The van der Waals surface area contributed by atoms with Gasteiger partial charge in [0.1, 0.15) is 11.6 Å². The third-order valence-electron chi connectivity index (χ3n) is 4.09. The van der Waals surface area contributed by atoms with Crippen LogP contribution in [0.15, 0.2) is 83.9 Å². The summed E-state index contributed by atoms with van der Waals surface area (Å²) in [6.45, 7) is 1.88. The van der Waals surface area contributed by atoms with Crippen LogP contribution in [0.3, 0.4) is 0 Å². The van der Waals surface area contributed by atoms with Crippen molar-refractivity contribution >= 4 is 35.1 Å². The maximum absolute atomic E-state index is 12.6. The Labute approximate surface area is 180 Å². The normalized spacial score (nSPS) is 11.4. The number of ether oxygens (including phenoxy) is 1. The quantitative estimate of drug-likeness (QED) is 0.493. The van der Waals surface area contributed by atoms with Gasteiger partial charge in [0.15, 0.2) is 6.61 Å². The highest BCUT2D eigenvalue weighted by Gasteiger charge is 2.18. The number of hydrogen-bond acceptors (Lipinski definition) is 5. The highest BCUT2D eigenvalue weighted by atomic mass is 32.2. The number of carbonyl (C=O) groups excluding carboxylic acids is 2. The molecular weight excluding hydrogens is 398 g/mol. The third kappa shape index (κ3) is 6.63. The number of para-hydroxylation sites is 1. The van der Waals surface area contributed by atoms with Gasteiger partial charge in [-0.1, -0.05) is 37.3 Å². The molecule has 0 aliphatic carbocycles. The van der Waals surface area contributed by atoms with E-state index in [1.807, 2.05) is 49.4 Å². The summed E-state index contributed by atoms with van der Waals surface area (Å²) in [6, 6.07) is 22.0. The van der Waals surface area contributed by atoms with Gasteiger partial charge >= 0.3 is 0 Å². The highest BCUT2D eigenvalue weighted by Crippen LogP contribution is 2.28. The summed E-state index contributed by atoms with van der Waals surface area (Å²) >= 11 is 1.45. The molecule has 0 saturated carbocycles. The van der Waals surface area contributed by atoms with Crippen molar-refractivity contribution in [2.45, 2.75) is 23.5 Å². The third-order valence-corrected chi connectivity index (χ3v) is 5.45. The van der Waals surface area contributed by atoms with Gasteiger partial charge in [-0.3, -0.25) is 9.59 Å². The number of benzene rings is 2. The number of carbonyl (C=O) groups is 2. The van der Waals surface area contributed by atoms with E-state index in [0.29, 0.717) is 23.7 Å². The second-order valence-electron chi connectivity index (χ2n) is 6.40. The van der Waals surface area contributed by atoms with Crippen molar-refractivity contribution in [3.05, 3.63) is 79.0 Å². The van der Waals surface area contributed by atoms with Crippen LogP contribution >= 0.6 is 11.8 Å². The summed E-state index contributed by atoms with van der Waals surface area (Å²) < 4.78 is 5.46. The molecule has 0 spiro atoms. The Morgan fingerprint density at radius 1 is 1.00 bits per heavy atom. The van der Waals surface area contributed by atoms with E-state index < -0.39 is 0 Å². The lowest BCUT2D eigenvalue weighted by Gasteiger charge is -2.15. The van der Waals surface area contributed by atoms with Gasteiger partial charge in [-0.2, -0.15) is 0 Å². The molecule has 1 atom stereocenters. The highest BCUT2D eigenvalue weighted by molar-refractivity contribution is 8.00. The molecule has 0 fully saturated rings. The van der Waals surface area contributed by atoms with E-state index in [1.54, 1.807) is 36.5 Å². The molecule has 154 valence electrons. The van der Waals surface area contributed by atoms with Gasteiger partial charge in [0.05, 0.1) is 5.25 Å². The molecule has 1 heterocycles. The van der Waals surface area contributed by atoms with Crippen molar-refractivity contribution in [1.82, 2.24) is 4.98 Å². The van der Waals surface area contributed by atoms with Crippen molar-refractivity contribution in [2.75, 3.05) is 17.2 Å². The maximum Gasteiger partial charge on any atom is 0.262 e. The molecule has 6 nitrogen and oxygen atoms in total. The van der Waals surface area contributed by atoms with E-state index in [-0.39, 0.29) is 23.7 Å². The molecule has 0 radical (unpaired) electrons. The Kier molecular flexibility index (Phi) is 7.86. The Morgan fingerprint density at radius 3 is 2.53 bits per heavy atom. The Morgan fingerprint density at radius 2 is 1.80 bits per heavy atom. The molecule has 7 heteroatoms. The topological polar surface area (TPSA) is 80.3 Å². The smallest absolute Gasteiger partial charge is 0.262 e. The van der Waals surface area contributed by atoms with Crippen LogP contribution in [0.5, 0.6) is 5.75 Å². The van der Waals surface area contributed by atoms with Crippen LogP contribution in [0.1, 0.15) is 13.3 Å². The van der Waals surface area contributed by atoms with Gasteiger partial charge in [0.2, 0.25) is 5.91 Å². The molecule has 3 rings (SSSR count). The fraction of sp³-hybridized carbons (Fsp3) is 0.174. The van der Waals surface area contributed by atoms with E-state index >= 15 is 0 Å². The summed E-state index contributed by atoms with van der Waals surface area (Å²) in [5, 5.41) is 5.38. The summed E-state index contributed by atoms with van der Waals surface area (Å²) in [4.78, 5) is 29.8. The second-order valence-corrected chi connectivity index (χ2v) is 7.67. The number of amides is 2. The lowest BCUT2D eigenvalue weighted by Crippen LogP contribution is -2.25. The molecule has 0 aliphatic rings. The minimum absolute atomic E-state index is 0.0779. The molecule has 30 heavy (non-hydrogen) atoms. The van der Waals surface area contributed by atoms with Gasteiger partial charge in [-0.25, -0.2) is 4.98 Å². The summed E-state index contributed by atoms with van der Waals surface area (Å²) in [7, 11) is 0. The number of thioether (sulfide) groups is 1. The number of anilines is 2. The Bertz CT molecular complexity index is 968. The lowest BCUT2D eigenvalue weighted by atomic mass is 10.3. The van der Waals surface area contributed by atoms with Crippen LogP contribution in [0.4, 0.5) is 11.5 Å². The molecule has 0 bridgehead atoms. The monoisotopic (exact) mass is 421 g/mol. The van der Waals surface area contributed by atoms with Crippen molar-refractivity contribution in [2.24, 2.45) is 0 Å². The standard InChI is InChI=1S/C23H23N3O3S/c1-2-20(23(28)26-21-13-6-7-14-24-21)30-19-12-8-9-17(15-19)25-22(27)16-29-18-10-4-3-5-11-18/h3-15,20H,2,16H2,1H3,(H,25,27)(H,24,26,28). The summed E-state index contributed by atoms with van der Waals surface area (Å²) in [5.41, 5.74) is 0.654. The van der Waals surface area contributed by atoms with E-state index in [4.69, 9.17) is 4.74 Å². The van der Waals surface area contributed by atoms with Crippen LogP contribution in [0.25, 0.3) is 0 Å². The van der Waals surface area contributed by atoms with Crippen molar-refractivity contribution in [3.63, 3.8) is 0 Å². The largest absolute Gasteiger partial charge is 0.484 e. The second kappa shape index (κ2) is 11.0. The first-order chi connectivity index (χ1) is 14.6. The van der Waals surface area contributed by atoms with Crippen LogP contribution in [0.2, 0.25) is 0 Å². The predicted molar refractivity (Wildman–Crippen MR) is 120 cm³/mol. The molecule has 2 amide bonds. The van der Waals surface area contributed by atoms with Crippen molar-refractivity contribution in [1.29, 1.82) is 0 Å². The average Bonchev–Trinajstić information content (AvgIpc) is 2.77. The number of aromatic nitrogens is 1. The zero-order chi connectivity index (χ0) is 21.2. The van der Waals surface area contributed by atoms with E-state index in [2.05, 4.69) is 15.6 Å². The zero-order valence-corrected chi connectivity index (χ0v) is 17.4. The fourth-order valence-electron chi connectivity index (χ4n) is 2.64. The van der Waals surface area contributed by atoms with Gasteiger partial charge in [0, 0.05) is 16.8 Å². The molecule has 1 unspecified atom stereocenters. The van der Waals surface area contributed by atoms with E-state index in [1.165, 1.54) is 11.8 Å². The zero-order valence-electron chi connectivity index (χ0n) is 16.6. The first kappa shape index (κ1) is 21.4. The maximum atomic E-state index is 12.6. The fourth-order valence-corrected chi connectivity index (χ4v) is 3.65. The number of pyridine rings is 1. The number of nitrogens with zero attached hydrogens (tertiary/aromatic N) is 1. The van der Waals surface area contributed by atoms with Crippen LogP contribution in [0, 0.1) is 0 Å². The molecule has 0 saturated heterocycles. The van der Waals surface area contributed by atoms with Crippen molar-refractivity contribution in [3.8, 4) is 5.75 Å². The lowest BCUT2D eigenvalue weighted by molar-refractivity contribution is -0.118. The summed E-state index contributed by atoms with van der Waals surface area (Å²) in [6.07, 6.45) is 2.29. The Hall–Kier alpha value is -3.32. The van der Waals surface area contributed by atoms with Crippen molar-refractivity contribution < 1.29 is 14.3 Å². The van der Waals surface area contributed by atoms with Gasteiger partial charge in [0.25, 0.3) is 5.91 Å². The average molecular weight is 422 g/mol. The van der Waals surface area contributed by atoms with Gasteiger partial charge in [-0.15, -0.1) is 11.8 Å². The van der Waals surface area contributed by atoms with E-state index in [9.17, 15) is 9.59 Å².